The summed E-state index contributed by atoms with van der Waals surface area (Å²) < 4.78 is 0. The first kappa shape index (κ1) is 13.9. The standard InChI is InChI=1S/C15H23ClN2/c1-11-6-7-13(15(16)8-11)10-18-12(2)4-3-5-14(18)9-17/h6-8,12,14H,3-5,9-10,17H2,1-2H3. The number of likely N-dealkylation sites (tertiary alicyclic amines) is 1. The number of aryl methyl sites for hydroxylation is 1. The summed E-state index contributed by atoms with van der Waals surface area (Å²) in [6.45, 7) is 6.03. The van der Waals surface area contributed by atoms with Crippen LogP contribution < -0.4 is 5.73 Å². The molecule has 0 amide bonds. The fourth-order valence-electron chi connectivity index (χ4n) is 2.86. The molecule has 2 N–H and O–H groups in total. The van der Waals surface area contributed by atoms with Gasteiger partial charge in [-0.05, 0) is 43.9 Å². The van der Waals surface area contributed by atoms with Crippen molar-refractivity contribution in [2.45, 2.75) is 51.7 Å². The average molecular weight is 267 g/mol. The van der Waals surface area contributed by atoms with Crippen molar-refractivity contribution in [2.24, 2.45) is 5.73 Å². The lowest BCUT2D eigenvalue weighted by atomic mass is 9.95. The third kappa shape index (κ3) is 3.05. The number of hydrogen-bond acceptors (Lipinski definition) is 2. The highest BCUT2D eigenvalue weighted by Crippen LogP contribution is 2.27. The maximum atomic E-state index is 6.33. The van der Waals surface area contributed by atoms with Crippen molar-refractivity contribution >= 4 is 11.6 Å². The minimum atomic E-state index is 0.506. The normalized spacial score (nSPS) is 25.3. The molecule has 1 aromatic carbocycles. The number of nitrogens with zero attached hydrogens (tertiary/aromatic N) is 1. The van der Waals surface area contributed by atoms with Gasteiger partial charge in [0, 0.05) is 30.2 Å². The Labute approximate surface area is 115 Å². The summed E-state index contributed by atoms with van der Waals surface area (Å²) in [6, 6.07) is 7.43. The van der Waals surface area contributed by atoms with Crippen molar-refractivity contribution in [3.8, 4) is 0 Å². The molecular weight excluding hydrogens is 244 g/mol. The maximum absolute atomic E-state index is 6.33. The molecule has 18 heavy (non-hydrogen) atoms. The van der Waals surface area contributed by atoms with Gasteiger partial charge in [0.15, 0.2) is 0 Å². The van der Waals surface area contributed by atoms with E-state index in [1.807, 2.05) is 6.07 Å². The van der Waals surface area contributed by atoms with Crippen LogP contribution in [0, 0.1) is 6.92 Å². The molecule has 0 aromatic heterocycles. The van der Waals surface area contributed by atoms with E-state index in [2.05, 4.69) is 30.9 Å². The molecule has 1 fully saturated rings. The van der Waals surface area contributed by atoms with Gasteiger partial charge in [0.25, 0.3) is 0 Å². The van der Waals surface area contributed by atoms with Crippen LogP contribution in [0.4, 0.5) is 0 Å². The van der Waals surface area contributed by atoms with Crippen LogP contribution in [0.1, 0.15) is 37.3 Å². The molecule has 0 bridgehead atoms. The van der Waals surface area contributed by atoms with E-state index in [4.69, 9.17) is 17.3 Å². The van der Waals surface area contributed by atoms with Gasteiger partial charge in [-0.2, -0.15) is 0 Å². The van der Waals surface area contributed by atoms with Crippen LogP contribution in [0.5, 0.6) is 0 Å². The van der Waals surface area contributed by atoms with Crippen molar-refractivity contribution in [2.75, 3.05) is 6.54 Å². The quantitative estimate of drug-likeness (QED) is 0.909. The first-order valence-electron chi connectivity index (χ1n) is 6.82. The van der Waals surface area contributed by atoms with Gasteiger partial charge < -0.3 is 5.73 Å². The third-order valence-corrected chi connectivity index (χ3v) is 4.38. The molecule has 1 aliphatic heterocycles. The van der Waals surface area contributed by atoms with Gasteiger partial charge in [-0.1, -0.05) is 30.2 Å². The molecule has 0 saturated carbocycles. The van der Waals surface area contributed by atoms with Crippen molar-refractivity contribution in [1.29, 1.82) is 0 Å². The second kappa shape index (κ2) is 6.05. The highest BCUT2D eigenvalue weighted by Gasteiger charge is 2.27. The Morgan fingerprint density at radius 2 is 2.17 bits per heavy atom. The monoisotopic (exact) mass is 266 g/mol. The van der Waals surface area contributed by atoms with E-state index >= 15 is 0 Å². The molecule has 2 atom stereocenters. The Morgan fingerprint density at radius 1 is 1.39 bits per heavy atom. The zero-order chi connectivity index (χ0) is 13.1. The SMILES string of the molecule is Cc1ccc(CN2C(C)CCCC2CN)c(Cl)c1. The summed E-state index contributed by atoms with van der Waals surface area (Å²) in [5.74, 6) is 0. The summed E-state index contributed by atoms with van der Waals surface area (Å²) in [5, 5.41) is 0.878. The van der Waals surface area contributed by atoms with E-state index in [0.717, 1.165) is 18.1 Å². The second-order valence-corrected chi connectivity index (χ2v) is 5.84. The molecule has 0 aliphatic carbocycles. The molecule has 100 valence electrons. The summed E-state index contributed by atoms with van der Waals surface area (Å²) in [6.07, 6.45) is 3.77. The minimum absolute atomic E-state index is 0.506. The lowest BCUT2D eigenvalue weighted by Crippen LogP contribution is -2.48. The first-order chi connectivity index (χ1) is 8.61. The number of benzene rings is 1. The molecular formula is C15H23ClN2. The van der Waals surface area contributed by atoms with Crippen LogP contribution in [-0.2, 0) is 6.54 Å². The highest BCUT2D eigenvalue weighted by molar-refractivity contribution is 6.31. The van der Waals surface area contributed by atoms with Crippen LogP contribution in [0.25, 0.3) is 0 Å². The fourth-order valence-corrected chi connectivity index (χ4v) is 3.15. The molecule has 2 unspecified atom stereocenters. The van der Waals surface area contributed by atoms with Gasteiger partial charge in [-0.3, -0.25) is 4.90 Å². The van der Waals surface area contributed by atoms with E-state index in [-0.39, 0.29) is 0 Å². The summed E-state index contributed by atoms with van der Waals surface area (Å²) in [7, 11) is 0. The van der Waals surface area contributed by atoms with Crippen molar-refractivity contribution in [1.82, 2.24) is 4.90 Å². The van der Waals surface area contributed by atoms with Gasteiger partial charge in [-0.25, -0.2) is 0 Å². The zero-order valence-corrected chi connectivity index (χ0v) is 12.1. The fraction of sp³-hybridized carbons (Fsp3) is 0.600. The van der Waals surface area contributed by atoms with Gasteiger partial charge in [0.05, 0.1) is 0 Å². The second-order valence-electron chi connectivity index (χ2n) is 5.44. The average Bonchev–Trinajstić information content (AvgIpc) is 2.34. The van der Waals surface area contributed by atoms with E-state index in [0.29, 0.717) is 12.1 Å². The molecule has 2 nitrogen and oxygen atoms in total. The molecule has 3 heteroatoms. The molecule has 0 spiro atoms. The largest absolute Gasteiger partial charge is 0.329 e. The smallest absolute Gasteiger partial charge is 0.0453 e. The summed E-state index contributed by atoms with van der Waals surface area (Å²) in [5.41, 5.74) is 8.33. The molecule has 1 saturated heterocycles. The van der Waals surface area contributed by atoms with E-state index in [1.165, 1.54) is 30.4 Å². The van der Waals surface area contributed by atoms with Crippen LogP contribution in [0.3, 0.4) is 0 Å². The molecule has 0 radical (unpaired) electrons. The van der Waals surface area contributed by atoms with Crippen molar-refractivity contribution < 1.29 is 0 Å². The minimum Gasteiger partial charge on any atom is -0.329 e. The lowest BCUT2D eigenvalue weighted by molar-refractivity contribution is 0.0892. The Morgan fingerprint density at radius 3 is 2.83 bits per heavy atom. The van der Waals surface area contributed by atoms with E-state index < -0.39 is 0 Å². The van der Waals surface area contributed by atoms with Gasteiger partial charge in [-0.15, -0.1) is 0 Å². The number of rotatable bonds is 3. The van der Waals surface area contributed by atoms with E-state index in [9.17, 15) is 0 Å². The van der Waals surface area contributed by atoms with Crippen LogP contribution in [-0.4, -0.2) is 23.5 Å². The first-order valence-corrected chi connectivity index (χ1v) is 7.20. The van der Waals surface area contributed by atoms with Crippen LogP contribution in [0.2, 0.25) is 5.02 Å². The van der Waals surface area contributed by atoms with Crippen LogP contribution in [0.15, 0.2) is 18.2 Å². The molecule has 1 heterocycles. The summed E-state index contributed by atoms with van der Waals surface area (Å²) >= 11 is 6.33. The number of piperidine rings is 1. The Kier molecular flexibility index (Phi) is 4.66. The van der Waals surface area contributed by atoms with Crippen molar-refractivity contribution in [3.05, 3.63) is 34.3 Å². The Hall–Kier alpha value is -0.570. The van der Waals surface area contributed by atoms with Crippen LogP contribution >= 0.6 is 11.6 Å². The van der Waals surface area contributed by atoms with Gasteiger partial charge in [0.2, 0.25) is 0 Å². The predicted molar refractivity (Wildman–Crippen MR) is 77.9 cm³/mol. The molecule has 1 aromatic rings. The number of hydrogen-bond donors (Lipinski definition) is 1. The van der Waals surface area contributed by atoms with E-state index in [1.54, 1.807) is 0 Å². The summed E-state index contributed by atoms with van der Waals surface area (Å²) in [4.78, 5) is 2.51. The lowest BCUT2D eigenvalue weighted by Gasteiger charge is -2.40. The van der Waals surface area contributed by atoms with Crippen molar-refractivity contribution in [3.63, 3.8) is 0 Å². The Balaban J connectivity index is 2.15. The van der Waals surface area contributed by atoms with Gasteiger partial charge in [0.1, 0.15) is 0 Å². The Bertz CT molecular complexity index is 405. The predicted octanol–water partition coefficient (Wildman–Crippen LogP) is 3.35. The highest BCUT2D eigenvalue weighted by atomic mass is 35.5. The topological polar surface area (TPSA) is 29.3 Å². The third-order valence-electron chi connectivity index (χ3n) is 4.03. The number of nitrogens with two attached hydrogens (primary N) is 1. The maximum Gasteiger partial charge on any atom is 0.0453 e. The number of halogens is 1. The van der Waals surface area contributed by atoms with Gasteiger partial charge >= 0.3 is 0 Å². The molecule has 2 rings (SSSR count). The molecule has 1 aliphatic rings. The zero-order valence-electron chi connectivity index (χ0n) is 11.3.